The van der Waals surface area contributed by atoms with E-state index in [9.17, 15) is 4.79 Å². The molecule has 118 valence electrons. The molecule has 1 amide bonds. The van der Waals surface area contributed by atoms with Gasteiger partial charge in [0.15, 0.2) is 0 Å². The number of carbonyl (C=O) groups is 1. The van der Waals surface area contributed by atoms with Crippen LogP contribution in [0.1, 0.15) is 40.9 Å². The van der Waals surface area contributed by atoms with Crippen molar-refractivity contribution in [3.8, 4) is 11.3 Å². The van der Waals surface area contributed by atoms with Crippen LogP contribution in [0.15, 0.2) is 46.4 Å². The third-order valence-electron chi connectivity index (χ3n) is 3.44. The molecule has 3 rings (SSSR count). The second-order valence-corrected chi connectivity index (χ2v) is 6.38. The van der Waals surface area contributed by atoms with Gasteiger partial charge in [-0.2, -0.15) is 0 Å². The molecule has 3 aromatic rings. The number of rotatable bonds is 5. The van der Waals surface area contributed by atoms with E-state index in [1.54, 1.807) is 11.6 Å². The number of nitrogens with zero attached hydrogens (tertiary/aromatic N) is 2. The van der Waals surface area contributed by atoms with Crippen molar-refractivity contribution in [2.75, 3.05) is 0 Å². The number of benzene rings is 1. The molecule has 0 aliphatic rings. The summed E-state index contributed by atoms with van der Waals surface area (Å²) in [5, 5.41) is 6.76. The van der Waals surface area contributed by atoms with Crippen molar-refractivity contribution in [2.45, 2.75) is 26.3 Å². The number of nitrogens with one attached hydrogen (secondary N) is 1. The Kier molecular flexibility index (Phi) is 4.52. The number of amides is 1. The first-order valence-electron chi connectivity index (χ1n) is 7.37. The maximum absolute atomic E-state index is 12.2. The fourth-order valence-corrected chi connectivity index (χ4v) is 2.87. The van der Waals surface area contributed by atoms with Crippen molar-refractivity contribution in [1.82, 2.24) is 15.5 Å². The van der Waals surface area contributed by atoms with E-state index in [4.69, 9.17) is 4.52 Å². The van der Waals surface area contributed by atoms with Gasteiger partial charge in [-0.1, -0.05) is 49.3 Å². The molecular weight excluding hydrogens is 310 g/mol. The molecule has 1 N–H and O–H groups in total. The number of hydrogen-bond donors (Lipinski definition) is 1. The Balaban J connectivity index is 1.69. The Hall–Kier alpha value is -2.47. The molecule has 5 nitrogen and oxygen atoms in total. The van der Waals surface area contributed by atoms with Gasteiger partial charge in [0.25, 0.3) is 5.91 Å². The molecule has 0 saturated heterocycles. The molecule has 0 saturated carbocycles. The lowest BCUT2D eigenvalue weighted by Crippen LogP contribution is -2.22. The molecule has 2 aromatic heterocycles. The molecule has 2 heterocycles. The second-order valence-electron chi connectivity index (χ2n) is 5.44. The Labute approximate surface area is 138 Å². The average Bonchev–Trinajstić information content (AvgIpc) is 3.22. The maximum atomic E-state index is 12.2. The molecule has 0 bridgehead atoms. The largest absolute Gasteiger partial charge is 0.351 e. The highest BCUT2D eigenvalue weighted by Crippen LogP contribution is 2.25. The summed E-state index contributed by atoms with van der Waals surface area (Å²) in [6, 6.07) is 11.6. The van der Waals surface area contributed by atoms with Crippen molar-refractivity contribution < 1.29 is 9.32 Å². The average molecular weight is 327 g/mol. The first-order valence-corrected chi connectivity index (χ1v) is 8.25. The summed E-state index contributed by atoms with van der Waals surface area (Å²) in [4.78, 5) is 17.6. The fraction of sp³-hybridized carbons (Fsp3) is 0.235. The van der Waals surface area contributed by atoms with Gasteiger partial charge >= 0.3 is 0 Å². The van der Waals surface area contributed by atoms with E-state index >= 15 is 0 Å². The van der Waals surface area contributed by atoms with Crippen LogP contribution in [0.2, 0.25) is 0 Å². The van der Waals surface area contributed by atoms with Crippen LogP contribution in [0.5, 0.6) is 0 Å². The van der Waals surface area contributed by atoms with Crippen LogP contribution in [0.3, 0.4) is 0 Å². The SMILES string of the molecule is CC(C)c1cc(C(=O)NCc2scnc2-c2ccccc2)on1. The van der Waals surface area contributed by atoms with Crippen LogP contribution in [0, 0.1) is 0 Å². The second kappa shape index (κ2) is 6.75. The van der Waals surface area contributed by atoms with Gasteiger partial charge in [0, 0.05) is 11.6 Å². The first kappa shape index (κ1) is 15.4. The van der Waals surface area contributed by atoms with Crippen molar-refractivity contribution in [1.29, 1.82) is 0 Å². The van der Waals surface area contributed by atoms with Crippen LogP contribution in [0.4, 0.5) is 0 Å². The van der Waals surface area contributed by atoms with Crippen molar-refractivity contribution in [3.05, 3.63) is 58.2 Å². The van der Waals surface area contributed by atoms with E-state index in [-0.39, 0.29) is 17.6 Å². The van der Waals surface area contributed by atoms with E-state index in [1.165, 1.54) is 11.3 Å². The Morgan fingerprint density at radius 2 is 2.09 bits per heavy atom. The number of aromatic nitrogens is 2. The van der Waals surface area contributed by atoms with Gasteiger partial charge in [0.05, 0.1) is 28.3 Å². The van der Waals surface area contributed by atoms with Gasteiger partial charge in [-0.3, -0.25) is 4.79 Å². The van der Waals surface area contributed by atoms with Crippen molar-refractivity contribution >= 4 is 17.2 Å². The third kappa shape index (κ3) is 3.48. The molecule has 1 aromatic carbocycles. The predicted molar refractivity (Wildman–Crippen MR) is 89.3 cm³/mol. The van der Waals surface area contributed by atoms with Gasteiger partial charge in [-0.25, -0.2) is 4.98 Å². The van der Waals surface area contributed by atoms with E-state index in [0.29, 0.717) is 6.54 Å². The van der Waals surface area contributed by atoms with E-state index in [0.717, 1.165) is 21.8 Å². The number of carbonyl (C=O) groups excluding carboxylic acids is 1. The topological polar surface area (TPSA) is 68.0 Å². The van der Waals surface area contributed by atoms with Crippen LogP contribution >= 0.6 is 11.3 Å². The lowest BCUT2D eigenvalue weighted by Gasteiger charge is -2.04. The lowest BCUT2D eigenvalue weighted by atomic mass is 10.1. The van der Waals surface area contributed by atoms with Crippen molar-refractivity contribution in [2.24, 2.45) is 0 Å². The van der Waals surface area contributed by atoms with E-state index < -0.39 is 0 Å². The monoisotopic (exact) mass is 327 g/mol. The predicted octanol–water partition coefficient (Wildman–Crippen LogP) is 3.85. The van der Waals surface area contributed by atoms with E-state index in [1.807, 2.05) is 44.2 Å². The van der Waals surface area contributed by atoms with Gasteiger partial charge in [-0.05, 0) is 5.92 Å². The maximum Gasteiger partial charge on any atom is 0.290 e. The Morgan fingerprint density at radius 3 is 2.78 bits per heavy atom. The minimum absolute atomic E-state index is 0.228. The first-order chi connectivity index (χ1) is 11.1. The summed E-state index contributed by atoms with van der Waals surface area (Å²) in [5.41, 5.74) is 4.50. The molecule has 0 aliphatic carbocycles. The normalized spacial score (nSPS) is 10.9. The minimum atomic E-state index is -0.267. The number of thiazole rings is 1. The van der Waals surface area contributed by atoms with Crippen molar-refractivity contribution in [3.63, 3.8) is 0 Å². The van der Waals surface area contributed by atoms with Gasteiger partial charge < -0.3 is 9.84 Å². The molecule has 23 heavy (non-hydrogen) atoms. The zero-order valence-electron chi connectivity index (χ0n) is 12.9. The minimum Gasteiger partial charge on any atom is -0.351 e. The number of hydrogen-bond acceptors (Lipinski definition) is 5. The van der Waals surface area contributed by atoms with Gasteiger partial charge in [-0.15, -0.1) is 11.3 Å². The molecule has 0 spiro atoms. The highest BCUT2D eigenvalue weighted by atomic mass is 32.1. The highest BCUT2D eigenvalue weighted by Gasteiger charge is 2.16. The van der Waals surface area contributed by atoms with E-state index in [2.05, 4.69) is 15.5 Å². The van der Waals surface area contributed by atoms with Gasteiger partial charge in [0.2, 0.25) is 5.76 Å². The molecule has 0 aliphatic heterocycles. The Morgan fingerprint density at radius 1 is 1.30 bits per heavy atom. The van der Waals surface area contributed by atoms with Crippen LogP contribution in [-0.4, -0.2) is 16.0 Å². The smallest absolute Gasteiger partial charge is 0.290 e. The lowest BCUT2D eigenvalue weighted by molar-refractivity contribution is 0.0914. The highest BCUT2D eigenvalue weighted by molar-refractivity contribution is 7.10. The fourth-order valence-electron chi connectivity index (χ4n) is 2.14. The summed E-state index contributed by atoms with van der Waals surface area (Å²) in [5.74, 6) is 0.197. The van der Waals surface area contributed by atoms with Crippen LogP contribution < -0.4 is 5.32 Å². The molecule has 0 fully saturated rings. The quantitative estimate of drug-likeness (QED) is 0.773. The van der Waals surface area contributed by atoms with Gasteiger partial charge in [0.1, 0.15) is 0 Å². The summed E-state index contributed by atoms with van der Waals surface area (Å²) in [7, 11) is 0. The summed E-state index contributed by atoms with van der Waals surface area (Å²) < 4.78 is 5.10. The zero-order valence-corrected chi connectivity index (χ0v) is 13.8. The molecule has 0 unspecified atom stereocenters. The molecule has 0 atom stereocenters. The summed E-state index contributed by atoms with van der Waals surface area (Å²) in [6.07, 6.45) is 0. The van der Waals surface area contributed by atoms with Crippen LogP contribution in [0.25, 0.3) is 11.3 Å². The summed E-state index contributed by atoms with van der Waals surface area (Å²) >= 11 is 1.52. The molecule has 6 heteroatoms. The third-order valence-corrected chi connectivity index (χ3v) is 4.27. The molecule has 0 radical (unpaired) electrons. The summed E-state index contributed by atoms with van der Waals surface area (Å²) in [6.45, 7) is 4.41. The Bertz CT molecular complexity index is 793. The standard InChI is InChI=1S/C17H17N3O2S/c1-11(2)13-8-14(22-20-13)17(21)18-9-15-16(19-10-23-15)12-6-4-3-5-7-12/h3-8,10-11H,9H2,1-2H3,(H,18,21). The molecular formula is C17H17N3O2S. The zero-order chi connectivity index (χ0) is 16.2. The van der Waals surface area contributed by atoms with Crippen LogP contribution in [-0.2, 0) is 6.54 Å².